The van der Waals surface area contributed by atoms with Crippen LogP contribution in [0.3, 0.4) is 0 Å². The molecule has 70 valence electrons. The van der Waals surface area contributed by atoms with Crippen LogP contribution in [-0.2, 0) is 6.42 Å². The second-order valence-electron chi connectivity index (χ2n) is 3.62. The molecule has 2 rings (SSSR count). The van der Waals surface area contributed by atoms with Crippen LogP contribution in [-0.4, -0.2) is 12.1 Å². The van der Waals surface area contributed by atoms with Crippen molar-refractivity contribution in [2.45, 2.75) is 25.4 Å². The van der Waals surface area contributed by atoms with E-state index in [1.165, 1.54) is 11.3 Å². The van der Waals surface area contributed by atoms with Crippen LogP contribution in [0.4, 0.5) is 5.69 Å². The second-order valence-corrected chi connectivity index (χ2v) is 4.05. The van der Waals surface area contributed by atoms with Gasteiger partial charge in [-0.05, 0) is 37.1 Å². The zero-order valence-corrected chi connectivity index (χ0v) is 8.31. The van der Waals surface area contributed by atoms with E-state index in [-0.39, 0.29) is 6.04 Å². The Morgan fingerprint density at radius 1 is 1.62 bits per heavy atom. The Morgan fingerprint density at radius 2 is 2.38 bits per heavy atom. The summed E-state index contributed by atoms with van der Waals surface area (Å²) in [6.07, 6.45) is 0.980. The number of rotatable bonds is 1. The van der Waals surface area contributed by atoms with Crippen molar-refractivity contribution in [3.8, 4) is 0 Å². The number of benzene rings is 1. The molecule has 0 amide bonds. The maximum atomic E-state index is 5.89. The van der Waals surface area contributed by atoms with Crippen molar-refractivity contribution < 1.29 is 0 Å². The number of halogens is 1. The highest BCUT2D eigenvalue weighted by atomic mass is 35.5. The van der Waals surface area contributed by atoms with Crippen molar-refractivity contribution >= 4 is 17.3 Å². The molecule has 1 aliphatic rings. The lowest BCUT2D eigenvalue weighted by atomic mass is 10.1. The Kier molecular flexibility index (Phi) is 2.18. The van der Waals surface area contributed by atoms with Gasteiger partial charge in [-0.2, -0.15) is 0 Å². The maximum absolute atomic E-state index is 5.89. The molecule has 1 aliphatic heterocycles. The topological polar surface area (TPSA) is 38.0 Å². The van der Waals surface area contributed by atoms with E-state index in [9.17, 15) is 0 Å². The molecule has 3 heteroatoms. The third kappa shape index (κ3) is 1.64. The fraction of sp³-hybridized carbons (Fsp3) is 0.400. The van der Waals surface area contributed by atoms with Gasteiger partial charge in [-0.15, -0.1) is 0 Å². The highest BCUT2D eigenvalue weighted by molar-refractivity contribution is 6.30. The van der Waals surface area contributed by atoms with Crippen molar-refractivity contribution in [2.75, 3.05) is 5.32 Å². The molecule has 0 saturated carbocycles. The van der Waals surface area contributed by atoms with E-state index in [1.54, 1.807) is 0 Å². The first kappa shape index (κ1) is 8.85. The minimum atomic E-state index is 0.172. The van der Waals surface area contributed by atoms with Crippen molar-refractivity contribution in [3.05, 3.63) is 28.8 Å². The quantitative estimate of drug-likeness (QED) is 0.722. The van der Waals surface area contributed by atoms with Crippen molar-refractivity contribution in [1.82, 2.24) is 0 Å². The lowest BCUT2D eigenvalue weighted by Gasteiger charge is -2.14. The summed E-state index contributed by atoms with van der Waals surface area (Å²) in [6, 6.07) is 6.45. The second kappa shape index (κ2) is 3.20. The predicted octanol–water partition coefficient (Wildman–Crippen LogP) is 2.02. The highest BCUT2D eigenvalue weighted by Gasteiger charge is 2.22. The molecule has 2 atom stereocenters. The molecule has 2 unspecified atom stereocenters. The summed E-state index contributed by atoms with van der Waals surface area (Å²) in [4.78, 5) is 0. The summed E-state index contributed by atoms with van der Waals surface area (Å²) in [7, 11) is 0. The SMILES string of the molecule is CC(N)C1Cc2cc(Cl)ccc2N1. The zero-order valence-electron chi connectivity index (χ0n) is 7.55. The first-order valence-electron chi connectivity index (χ1n) is 4.47. The summed E-state index contributed by atoms with van der Waals surface area (Å²) in [5.41, 5.74) is 8.27. The summed E-state index contributed by atoms with van der Waals surface area (Å²) in [6.45, 7) is 2.02. The number of nitrogens with one attached hydrogen (secondary N) is 1. The zero-order chi connectivity index (χ0) is 9.42. The minimum absolute atomic E-state index is 0.172. The Labute approximate surface area is 83.1 Å². The van der Waals surface area contributed by atoms with Gasteiger partial charge in [0.15, 0.2) is 0 Å². The Hall–Kier alpha value is -0.730. The minimum Gasteiger partial charge on any atom is -0.380 e. The first-order chi connectivity index (χ1) is 6.16. The van der Waals surface area contributed by atoms with Gasteiger partial charge in [0.05, 0.1) is 0 Å². The van der Waals surface area contributed by atoms with Gasteiger partial charge in [-0.25, -0.2) is 0 Å². The number of fused-ring (bicyclic) bond motifs is 1. The molecule has 0 spiro atoms. The van der Waals surface area contributed by atoms with Crippen LogP contribution in [0.15, 0.2) is 18.2 Å². The molecule has 0 bridgehead atoms. The van der Waals surface area contributed by atoms with Gasteiger partial charge in [0.25, 0.3) is 0 Å². The number of hydrogen-bond donors (Lipinski definition) is 2. The molecule has 1 aromatic carbocycles. The van der Waals surface area contributed by atoms with Crippen LogP contribution >= 0.6 is 11.6 Å². The van der Waals surface area contributed by atoms with Gasteiger partial charge in [0, 0.05) is 22.8 Å². The molecule has 0 saturated heterocycles. The lowest BCUT2D eigenvalue weighted by molar-refractivity contribution is 0.612. The molecular formula is C10H13ClN2. The van der Waals surface area contributed by atoms with Gasteiger partial charge in [-0.3, -0.25) is 0 Å². The number of nitrogens with two attached hydrogens (primary N) is 1. The van der Waals surface area contributed by atoms with Gasteiger partial charge >= 0.3 is 0 Å². The summed E-state index contributed by atoms with van der Waals surface area (Å²) in [5, 5.41) is 4.17. The smallest absolute Gasteiger partial charge is 0.0450 e. The van der Waals surface area contributed by atoms with E-state index >= 15 is 0 Å². The summed E-state index contributed by atoms with van der Waals surface area (Å²) < 4.78 is 0. The standard InChI is InChI=1S/C10H13ClN2/c1-6(12)10-5-7-4-8(11)2-3-9(7)13-10/h2-4,6,10,13H,5,12H2,1H3. The average molecular weight is 197 g/mol. The highest BCUT2D eigenvalue weighted by Crippen LogP contribution is 2.29. The molecule has 1 heterocycles. The summed E-state index contributed by atoms with van der Waals surface area (Å²) in [5.74, 6) is 0. The third-order valence-corrected chi connectivity index (χ3v) is 2.72. The maximum Gasteiger partial charge on any atom is 0.0450 e. The van der Waals surface area contributed by atoms with Gasteiger partial charge in [0.2, 0.25) is 0 Å². The number of anilines is 1. The van der Waals surface area contributed by atoms with E-state index in [0.29, 0.717) is 6.04 Å². The molecule has 0 aliphatic carbocycles. The van der Waals surface area contributed by atoms with Crippen molar-refractivity contribution in [3.63, 3.8) is 0 Å². The summed E-state index contributed by atoms with van der Waals surface area (Å²) >= 11 is 5.89. The van der Waals surface area contributed by atoms with E-state index in [0.717, 1.165) is 11.4 Å². The monoisotopic (exact) mass is 196 g/mol. The average Bonchev–Trinajstić information content (AvgIpc) is 2.46. The van der Waals surface area contributed by atoms with Crippen LogP contribution in [0.5, 0.6) is 0 Å². The molecular weight excluding hydrogens is 184 g/mol. The van der Waals surface area contributed by atoms with E-state index < -0.39 is 0 Å². The number of hydrogen-bond acceptors (Lipinski definition) is 2. The van der Waals surface area contributed by atoms with Crippen LogP contribution in [0.2, 0.25) is 5.02 Å². The molecule has 3 N–H and O–H groups in total. The van der Waals surface area contributed by atoms with Crippen LogP contribution in [0.1, 0.15) is 12.5 Å². The normalized spacial score (nSPS) is 22.2. The Morgan fingerprint density at radius 3 is 3.08 bits per heavy atom. The lowest BCUT2D eigenvalue weighted by Crippen LogP contribution is -2.36. The van der Waals surface area contributed by atoms with Crippen molar-refractivity contribution in [1.29, 1.82) is 0 Å². The fourth-order valence-electron chi connectivity index (χ4n) is 1.68. The Bertz CT molecular complexity index is 323. The Balaban J connectivity index is 2.25. The largest absolute Gasteiger partial charge is 0.380 e. The van der Waals surface area contributed by atoms with Gasteiger partial charge < -0.3 is 11.1 Å². The van der Waals surface area contributed by atoms with Crippen molar-refractivity contribution in [2.24, 2.45) is 5.73 Å². The van der Waals surface area contributed by atoms with E-state index in [1.807, 2.05) is 25.1 Å². The molecule has 0 aromatic heterocycles. The molecule has 2 nitrogen and oxygen atoms in total. The molecule has 1 aromatic rings. The van der Waals surface area contributed by atoms with Crippen LogP contribution < -0.4 is 11.1 Å². The predicted molar refractivity (Wildman–Crippen MR) is 56.2 cm³/mol. The van der Waals surface area contributed by atoms with Gasteiger partial charge in [0.1, 0.15) is 0 Å². The molecule has 13 heavy (non-hydrogen) atoms. The molecule has 0 fully saturated rings. The van der Waals surface area contributed by atoms with E-state index in [4.69, 9.17) is 17.3 Å². The van der Waals surface area contributed by atoms with Gasteiger partial charge in [-0.1, -0.05) is 11.6 Å². The fourth-order valence-corrected chi connectivity index (χ4v) is 1.87. The first-order valence-corrected chi connectivity index (χ1v) is 4.85. The molecule has 0 radical (unpaired) electrons. The van der Waals surface area contributed by atoms with Crippen LogP contribution in [0.25, 0.3) is 0 Å². The van der Waals surface area contributed by atoms with E-state index in [2.05, 4.69) is 5.32 Å². The third-order valence-electron chi connectivity index (χ3n) is 2.48. The van der Waals surface area contributed by atoms with Crippen LogP contribution in [0, 0.1) is 0 Å².